The third-order valence-corrected chi connectivity index (χ3v) is 4.12. The van der Waals surface area contributed by atoms with E-state index in [1.807, 2.05) is 18.2 Å². The molecule has 1 heterocycles. The van der Waals surface area contributed by atoms with E-state index in [-0.39, 0.29) is 17.3 Å². The van der Waals surface area contributed by atoms with Crippen molar-refractivity contribution in [2.24, 2.45) is 5.92 Å². The van der Waals surface area contributed by atoms with Gasteiger partial charge < -0.3 is 19.5 Å². The van der Waals surface area contributed by atoms with Gasteiger partial charge in [-0.2, -0.15) is 0 Å². The van der Waals surface area contributed by atoms with Crippen LogP contribution in [0.3, 0.4) is 0 Å². The predicted octanol–water partition coefficient (Wildman–Crippen LogP) is 1.35. The van der Waals surface area contributed by atoms with Crippen molar-refractivity contribution in [1.29, 1.82) is 0 Å². The van der Waals surface area contributed by atoms with E-state index in [0.29, 0.717) is 13.1 Å². The van der Waals surface area contributed by atoms with Crippen molar-refractivity contribution in [2.45, 2.75) is 12.3 Å². The van der Waals surface area contributed by atoms with Crippen molar-refractivity contribution in [3.8, 4) is 11.5 Å². The van der Waals surface area contributed by atoms with Crippen molar-refractivity contribution in [2.75, 3.05) is 34.4 Å². The number of hydrogen-bond donors (Lipinski definition) is 1. The summed E-state index contributed by atoms with van der Waals surface area (Å²) in [6.45, 7) is 3.37. The Balaban J connectivity index is 2.45. The van der Waals surface area contributed by atoms with Gasteiger partial charge in [0.25, 0.3) is 0 Å². The Labute approximate surface area is 119 Å². The molecule has 0 saturated carbocycles. The molecule has 1 aliphatic rings. The maximum atomic E-state index is 12.0. The van der Waals surface area contributed by atoms with Crippen LogP contribution in [0.5, 0.6) is 11.5 Å². The summed E-state index contributed by atoms with van der Waals surface area (Å²) in [4.78, 5) is 12.0. The number of rotatable bonds is 4. The predicted molar refractivity (Wildman–Crippen MR) is 75.3 cm³/mol. The van der Waals surface area contributed by atoms with Gasteiger partial charge in [-0.1, -0.05) is 13.0 Å². The Kier molecular flexibility index (Phi) is 4.18. The molecular weight excluding hydrogens is 258 g/mol. The fourth-order valence-electron chi connectivity index (χ4n) is 2.86. The average molecular weight is 279 g/mol. The van der Waals surface area contributed by atoms with Crippen LogP contribution in [0.4, 0.5) is 0 Å². The first kappa shape index (κ1) is 14.7. The molecule has 0 amide bonds. The molecule has 1 saturated heterocycles. The standard InChI is InChI=1S/C15H21NO4/c1-15(9-16-8-12(15)14(17)20-4)11-6-5-10(18-2)7-13(11)19-3/h5-7,12,16H,8-9H2,1-4H3. The second-order valence-electron chi connectivity index (χ2n) is 5.19. The first-order chi connectivity index (χ1) is 9.56. The molecule has 5 nitrogen and oxygen atoms in total. The summed E-state index contributed by atoms with van der Waals surface area (Å²) >= 11 is 0. The molecule has 1 aromatic rings. The topological polar surface area (TPSA) is 56.8 Å². The van der Waals surface area contributed by atoms with E-state index < -0.39 is 0 Å². The minimum Gasteiger partial charge on any atom is -0.497 e. The first-order valence-electron chi connectivity index (χ1n) is 6.58. The lowest BCUT2D eigenvalue weighted by atomic mass is 9.73. The van der Waals surface area contributed by atoms with Crippen molar-refractivity contribution >= 4 is 5.97 Å². The van der Waals surface area contributed by atoms with Crippen molar-refractivity contribution in [3.63, 3.8) is 0 Å². The molecule has 1 aliphatic heterocycles. The van der Waals surface area contributed by atoms with Crippen LogP contribution >= 0.6 is 0 Å². The number of benzene rings is 1. The summed E-state index contributed by atoms with van der Waals surface area (Å²) in [6, 6.07) is 5.68. The maximum Gasteiger partial charge on any atom is 0.310 e. The minimum atomic E-state index is -0.356. The lowest BCUT2D eigenvalue weighted by Crippen LogP contribution is -2.37. The second kappa shape index (κ2) is 5.71. The molecule has 110 valence electrons. The Morgan fingerprint density at radius 3 is 2.65 bits per heavy atom. The highest BCUT2D eigenvalue weighted by atomic mass is 16.5. The van der Waals surface area contributed by atoms with Gasteiger partial charge in [-0.15, -0.1) is 0 Å². The van der Waals surface area contributed by atoms with Crippen molar-refractivity contribution in [1.82, 2.24) is 5.32 Å². The fraction of sp³-hybridized carbons (Fsp3) is 0.533. The van der Waals surface area contributed by atoms with Gasteiger partial charge in [-0.3, -0.25) is 4.79 Å². The van der Waals surface area contributed by atoms with Gasteiger partial charge in [-0.25, -0.2) is 0 Å². The van der Waals surface area contributed by atoms with Crippen LogP contribution < -0.4 is 14.8 Å². The Morgan fingerprint density at radius 1 is 1.30 bits per heavy atom. The number of ether oxygens (including phenoxy) is 3. The fourth-order valence-corrected chi connectivity index (χ4v) is 2.86. The highest BCUT2D eigenvalue weighted by Crippen LogP contribution is 2.41. The lowest BCUT2D eigenvalue weighted by Gasteiger charge is -2.30. The number of carbonyl (C=O) groups excluding carboxylic acids is 1. The monoisotopic (exact) mass is 279 g/mol. The molecule has 2 rings (SSSR count). The van der Waals surface area contributed by atoms with Crippen LogP contribution in [-0.4, -0.2) is 40.4 Å². The first-order valence-corrected chi connectivity index (χ1v) is 6.58. The third-order valence-electron chi connectivity index (χ3n) is 4.12. The normalized spacial score (nSPS) is 25.3. The SMILES string of the molecule is COC(=O)C1CNCC1(C)c1ccc(OC)cc1OC. The molecule has 0 spiro atoms. The van der Waals surface area contributed by atoms with Gasteiger partial charge >= 0.3 is 5.97 Å². The molecule has 0 aromatic heterocycles. The zero-order valence-corrected chi connectivity index (χ0v) is 12.4. The van der Waals surface area contributed by atoms with Crippen LogP contribution in [0.1, 0.15) is 12.5 Å². The molecule has 1 fully saturated rings. The molecule has 0 aliphatic carbocycles. The molecule has 1 N–H and O–H groups in total. The molecule has 0 bridgehead atoms. The summed E-state index contributed by atoms with van der Waals surface area (Å²) < 4.78 is 15.6. The number of nitrogens with one attached hydrogen (secondary N) is 1. The van der Waals surface area contributed by atoms with Gasteiger partial charge in [0.15, 0.2) is 0 Å². The summed E-state index contributed by atoms with van der Waals surface area (Å²) in [5, 5.41) is 3.27. The van der Waals surface area contributed by atoms with Gasteiger partial charge in [0, 0.05) is 30.1 Å². The van der Waals surface area contributed by atoms with Gasteiger partial charge in [0.2, 0.25) is 0 Å². The number of esters is 1. The van der Waals surface area contributed by atoms with Crippen LogP contribution in [0, 0.1) is 5.92 Å². The summed E-state index contributed by atoms with van der Waals surface area (Å²) in [7, 11) is 4.66. The summed E-state index contributed by atoms with van der Waals surface area (Å²) in [5.74, 6) is 1.03. The van der Waals surface area contributed by atoms with E-state index in [1.54, 1.807) is 14.2 Å². The molecule has 5 heteroatoms. The van der Waals surface area contributed by atoms with Gasteiger partial charge in [-0.05, 0) is 6.07 Å². The highest BCUT2D eigenvalue weighted by Gasteiger charge is 2.46. The molecular formula is C15H21NO4. The molecule has 0 radical (unpaired) electrons. The molecule has 1 aromatic carbocycles. The van der Waals surface area contributed by atoms with Gasteiger partial charge in [0.1, 0.15) is 11.5 Å². The van der Waals surface area contributed by atoms with E-state index >= 15 is 0 Å². The molecule has 20 heavy (non-hydrogen) atoms. The zero-order valence-electron chi connectivity index (χ0n) is 12.4. The van der Waals surface area contributed by atoms with E-state index in [2.05, 4.69) is 12.2 Å². The summed E-state index contributed by atoms with van der Waals surface area (Å²) in [6.07, 6.45) is 0. The molecule has 2 unspecified atom stereocenters. The third kappa shape index (κ3) is 2.33. The Morgan fingerprint density at radius 2 is 2.05 bits per heavy atom. The zero-order chi connectivity index (χ0) is 14.8. The van der Waals surface area contributed by atoms with E-state index in [4.69, 9.17) is 14.2 Å². The maximum absolute atomic E-state index is 12.0. The number of methoxy groups -OCH3 is 3. The van der Waals surface area contributed by atoms with E-state index in [9.17, 15) is 4.79 Å². The molecule has 2 atom stereocenters. The largest absolute Gasteiger partial charge is 0.497 e. The second-order valence-corrected chi connectivity index (χ2v) is 5.19. The smallest absolute Gasteiger partial charge is 0.310 e. The Bertz CT molecular complexity index is 503. The minimum absolute atomic E-state index is 0.199. The lowest BCUT2D eigenvalue weighted by molar-refractivity contribution is -0.146. The van der Waals surface area contributed by atoms with Crippen molar-refractivity contribution < 1.29 is 19.0 Å². The van der Waals surface area contributed by atoms with Crippen molar-refractivity contribution in [3.05, 3.63) is 23.8 Å². The van der Waals surface area contributed by atoms with Gasteiger partial charge in [0.05, 0.1) is 27.2 Å². The average Bonchev–Trinajstić information content (AvgIpc) is 2.88. The highest BCUT2D eigenvalue weighted by molar-refractivity contribution is 5.76. The van der Waals surface area contributed by atoms with Crippen LogP contribution in [0.25, 0.3) is 0 Å². The van der Waals surface area contributed by atoms with E-state index in [1.165, 1.54) is 7.11 Å². The number of carbonyl (C=O) groups is 1. The van der Waals surface area contributed by atoms with Crippen LogP contribution in [0.2, 0.25) is 0 Å². The van der Waals surface area contributed by atoms with E-state index in [0.717, 1.165) is 17.1 Å². The van der Waals surface area contributed by atoms with Crippen LogP contribution in [-0.2, 0) is 14.9 Å². The Hall–Kier alpha value is -1.75. The summed E-state index contributed by atoms with van der Waals surface area (Å²) in [5.41, 5.74) is 0.631. The number of hydrogen-bond acceptors (Lipinski definition) is 5. The quantitative estimate of drug-likeness (QED) is 0.843. The van der Waals surface area contributed by atoms with Crippen LogP contribution in [0.15, 0.2) is 18.2 Å².